The van der Waals surface area contributed by atoms with Crippen molar-refractivity contribution in [2.45, 2.75) is 26.1 Å². The first-order valence-corrected chi connectivity index (χ1v) is 10.7. The number of benzene rings is 1. The Labute approximate surface area is 197 Å². The summed E-state index contributed by atoms with van der Waals surface area (Å²) in [6.07, 6.45) is 3.67. The van der Waals surface area contributed by atoms with Gasteiger partial charge in [-0.15, -0.1) is 0 Å². The second-order valence-electron chi connectivity index (χ2n) is 8.02. The summed E-state index contributed by atoms with van der Waals surface area (Å²) in [7, 11) is 4.83. The minimum absolute atomic E-state index is 0.211. The number of nitrogens with zero attached hydrogens (tertiary/aromatic N) is 4. The van der Waals surface area contributed by atoms with Crippen LogP contribution >= 0.6 is 0 Å². The number of methoxy groups -OCH3 is 2. The van der Waals surface area contributed by atoms with Crippen LogP contribution in [0.5, 0.6) is 5.75 Å². The van der Waals surface area contributed by atoms with Gasteiger partial charge in [-0.2, -0.15) is 5.10 Å². The Morgan fingerprint density at radius 3 is 2.85 bits per heavy atom. The highest BCUT2D eigenvalue weighted by atomic mass is 19.1. The third-order valence-corrected chi connectivity index (χ3v) is 5.75. The highest BCUT2D eigenvalue weighted by molar-refractivity contribution is 6.05. The number of anilines is 3. The van der Waals surface area contributed by atoms with Gasteiger partial charge in [-0.05, 0) is 13.0 Å². The van der Waals surface area contributed by atoms with E-state index in [-0.39, 0.29) is 11.7 Å². The Kier molecular flexibility index (Phi) is 6.40. The number of aryl methyl sites for hydroxylation is 1. The van der Waals surface area contributed by atoms with Gasteiger partial charge >= 0.3 is 0 Å². The molecule has 0 radical (unpaired) electrons. The number of fused-ring (bicyclic) bond motifs is 1. The molecular formula is C24H27FN6O3. The molecule has 0 bridgehead atoms. The number of hydrogen-bond donors (Lipinski definition) is 2. The van der Waals surface area contributed by atoms with E-state index in [9.17, 15) is 9.18 Å². The molecule has 1 atom stereocenters. The van der Waals surface area contributed by atoms with Gasteiger partial charge in [0, 0.05) is 43.0 Å². The molecule has 0 saturated heterocycles. The summed E-state index contributed by atoms with van der Waals surface area (Å²) < 4.78 is 25.7. The lowest BCUT2D eigenvalue weighted by molar-refractivity contribution is -0.117. The molecule has 4 rings (SSSR count). The van der Waals surface area contributed by atoms with Crippen LogP contribution < -0.4 is 20.3 Å². The van der Waals surface area contributed by atoms with Crippen molar-refractivity contribution in [1.29, 1.82) is 0 Å². The van der Waals surface area contributed by atoms with Crippen LogP contribution in [0.25, 0.3) is 0 Å². The molecule has 0 unspecified atom stereocenters. The first kappa shape index (κ1) is 23.1. The van der Waals surface area contributed by atoms with Crippen molar-refractivity contribution in [3.63, 3.8) is 0 Å². The molecule has 3 aromatic rings. The van der Waals surface area contributed by atoms with Crippen LogP contribution in [0, 0.1) is 12.7 Å². The van der Waals surface area contributed by atoms with Crippen molar-refractivity contribution in [3.8, 4) is 5.75 Å². The minimum atomic E-state index is -0.631. The zero-order valence-corrected chi connectivity index (χ0v) is 19.6. The molecule has 9 nitrogen and oxygen atoms in total. The molecule has 2 N–H and O–H groups in total. The second-order valence-corrected chi connectivity index (χ2v) is 8.02. The van der Waals surface area contributed by atoms with Crippen molar-refractivity contribution in [2.75, 3.05) is 36.8 Å². The van der Waals surface area contributed by atoms with E-state index in [0.717, 1.165) is 16.8 Å². The van der Waals surface area contributed by atoms with Gasteiger partial charge in [0.15, 0.2) is 6.04 Å². The number of carbonyl (C=O) groups excluding carboxylic acids is 1. The van der Waals surface area contributed by atoms with E-state index in [1.165, 1.54) is 26.4 Å². The molecule has 34 heavy (non-hydrogen) atoms. The van der Waals surface area contributed by atoms with E-state index in [1.54, 1.807) is 16.9 Å². The van der Waals surface area contributed by atoms with Gasteiger partial charge in [0.2, 0.25) is 0 Å². The van der Waals surface area contributed by atoms with Crippen molar-refractivity contribution in [2.24, 2.45) is 0 Å². The summed E-state index contributed by atoms with van der Waals surface area (Å²) in [5.74, 6) is 0.947. The maximum atomic E-state index is 13.4. The van der Waals surface area contributed by atoms with Crippen LogP contribution in [0.3, 0.4) is 0 Å². The number of rotatable bonds is 8. The van der Waals surface area contributed by atoms with Gasteiger partial charge < -0.3 is 25.0 Å². The summed E-state index contributed by atoms with van der Waals surface area (Å²) in [5, 5.41) is 10.6. The molecule has 0 spiro atoms. The van der Waals surface area contributed by atoms with E-state index >= 15 is 0 Å². The Balaban J connectivity index is 1.48. The summed E-state index contributed by atoms with van der Waals surface area (Å²) in [6, 6.07) is 5.70. The van der Waals surface area contributed by atoms with Crippen molar-refractivity contribution in [3.05, 3.63) is 71.6 Å². The third-order valence-electron chi connectivity index (χ3n) is 5.75. The average molecular weight is 467 g/mol. The predicted octanol–water partition coefficient (Wildman–Crippen LogP) is 3.31. The lowest BCUT2D eigenvalue weighted by Crippen LogP contribution is -2.47. The maximum absolute atomic E-state index is 13.4. The molecule has 3 heterocycles. The van der Waals surface area contributed by atoms with E-state index in [1.807, 2.05) is 31.1 Å². The molecule has 178 valence electrons. The molecule has 10 heteroatoms. The minimum Gasteiger partial charge on any atom is -0.499 e. The lowest BCUT2D eigenvalue weighted by atomic mass is 10.1. The molecule has 2 aromatic heterocycles. The third kappa shape index (κ3) is 4.52. The van der Waals surface area contributed by atoms with Crippen LogP contribution in [0.2, 0.25) is 0 Å². The summed E-state index contributed by atoms with van der Waals surface area (Å²) in [6.45, 7) is 6.64. The molecule has 1 amide bonds. The standard InChI is InChI=1S/C24H27FN6O3/c1-14-22-19(30(3)23(15(2)33-4)24(32)29-22)9-21(28-14)26-10-16-11-27-31(12-16)13-17-6-7-18(25)8-20(17)34-5/h6-9,11-12,23H,2,10,13H2,1,3-5H3,(H,26,28)(H,29,32)/t23-/m0/s1. The van der Waals surface area contributed by atoms with E-state index < -0.39 is 6.04 Å². The Bertz CT molecular complexity index is 1240. The van der Waals surface area contributed by atoms with Gasteiger partial charge in [-0.3, -0.25) is 9.48 Å². The van der Waals surface area contributed by atoms with Gasteiger partial charge in [0.25, 0.3) is 5.91 Å². The van der Waals surface area contributed by atoms with Crippen LogP contribution in [0.1, 0.15) is 16.8 Å². The first-order chi connectivity index (χ1) is 16.3. The van der Waals surface area contributed by atoms with Gasteiger partial charge in [-0.25, -0.2) is 9.37 Å². The topological polar surface area (TPSA) is 93.5 Å². The van der Waals surface area contributed by atoms with Crippen LogP contribution in [-0.4, -0.2) is 48.0 Å². The molecule has 1 aromatic carbocycles. The number of likely N-dealkylation sites (N-methyl/N-ethyl adjacent to an activating group) is 1. The molecule has 0 saturated carbocycles. The van der Waals surface area contributed by atoms with Gasteiger partial charge in [-0.1, -0.05) is 12.6 Å². The van der Waals surface area contributed by atoms with E-state index in [4.69, 9.17) is 9.47 Å². The maximum Gasteiger partial charge on any atom is 0.255 e. The second kappa shape index (κ2) is 9.42. The summed E-state index contributed by atoms with van der Waals surface area (Å²) >= 11 is 0. The highest BCUT2D eigenvalue weighted by Crippen LogP contribution is 2.36. The van der Waals surface area contributed by atoms with Crippen molar-refractivity contribution >= 4 is 23.1 Å². The SMILES string of the molecule is C=C(OC)[C@H]1C(=O)Nc2c(cc(NCc3cnn(Cc4ccc(F)cc4OC)c3)nc2C)N1C. The van der Waals surface area contributed by atoms with E-state index in [2.05, 4.69) is 27.3 Å². The predicted molar refractivity (Wildman–Crippen MR) is 128 cm³/mol. The van der Waals surface area contributed by atoms with Crippen LogP contribution in [0.15, 0.2) is 49.0 Å². The largest absolute Gasteiger partial charge is 0.499 e. The lowest BCUT2D eigenvalue weighted by Gasteiger charge is -2.36. The summed E-state index contributed by atoms with van der Waals surface area (Å²) in [4.78, 5) is 18.9. The smallest absolute Gasteiger partial charge is 0.255 e. The Morgan fingerprint density at radius 2 is 2.12 bits per heavy atom. The average Bonchev–Trinajstić information content (AvgIpc) is 3.26. The number of ether oxygens (including phenoxy) is 2. The fourth-order valence-corrected chi connectivity index (χ4v) is 3.96. The highest BCUT2D eigenvalue weighted by Gasteiger charge is 2.35. The Hall–Kier alpha value is -4.08. The quantitative estimate of drug-likeness (QED) is 0.492. The monoisotopic (exact) mass is 466 g/mol. The number of carbonyl (C=O) groups is 1. The zero-order chi connectivity index (χ0) is 24.4. The van der Waals surface area contributed by atoms with E-state index in [0.29, 0.717) is 41.8 Å². The number of nitrogens with one attached hydrogen (secondary N) is 2. The number of amides is 1. The zero-order valence-electron chi connectivity index (χ0n) is 19.6. The number of pyridine rings is 1. The molecular weight excluding hydrogens is 439 g/mol. The fraction of sp³-hybridized carbons (Fsp3) is 0.292. The van der Waals surface area contributed by atoms with Crippen molar-refractivity contribution in [1.82, 2.24) is 14.8 Å². The molecule has 0 aliphatic carbocycles. The molecule has 0 fully saturated rings. The fourth-order valence-electron chi connectivity index (χ4n) is 3.96. The first-order valence-electron chi connectivity index (χ1n) is 10.7. The normalized spacial score (nSPS) is 14.9. The number of halogens is 1. The Morgan fingerprint density at radius 1 is 1.32 bits per heavy atom. The van der Waals surface area contributed by atoms with Gasteiger partial charge in [0.05, 0.1) is 44.0 Å². The van der Waals surface area contributed by atoms with Gasteiger partial charge in [0.1, 0.15) is 23.1 Å². The molecule has 1 aliphatic heterocycles. The summed E-state index contributed by atoms with van der Waals surface area (Å²) in [5.41, 5.74) is 3.96. The van der Waals surface area contributed by atoms with Crippen molar-refractivity contribution < 1.29 is 18.7 Å². The molecule has 1 aliphatic rings. The van der Waals surface area contributed by atoms with Crippen LogP contribution in [0.4, 0.5) is 21.6 Å². The number of aromatic nitrogens is 3. The number of hydrogen-bond acceptors (Lipinski definition) is 7. The van der Waals surface area contributed by atoms with Crippen LogP contribution in [-0.2, 0) is 22.6 Å².